The topological polar surface area (TPSA) is 26.3 Å². The minimum Gasteiger partial charge on any atom is -0.381 e. The number of hydrogen-bond acceptors (Lipinski definition) is 2. The first-order chi connectivity index (χ1) is 7.92. The predicted octanol–water partition coefficient (Wildman–Crippen LogP) is 2.79. The van der Waals surface area contributed by atoms with Crippen LogP contribution in [0, 0.1) is 5.92 Å². The first-order valence-corrected chi connectivity index (χ1v) is 5.98. The molecular weight excluding hydrogens is 200 g/mol. The van der Waals surface area contributed by atoms with E-state index in [9.17, 15) is 4.79 Å². The fourth-order valence-corrected chi connectivity index (χ4v) is 2.52. The summed E-state index contributed by atoms with van der Waals surface area (Å²) >= 11 is 0. The lowest BCUT2D eigenvalue weighted by Crippen LogP contribution is -2.22. The number of ether oxygens (including phenoxy) is 1. The highest BCUT2D eigenvalue weighted by Gasteiger charge is 2.24. The van der Waals surface area contributed by atoms with Crippen molar-refractivity contribution in [1.82, 2.24) is 0 Å². The van der Waals surface area contributed by atoms with Crippen molar-refractivity contribution in [3.8, 4) is 0 Å². The third-order valence-electron chi connectivity index (χ3n) is 3.41. The molecule has 1 heterocycles. The Labute approximate surface area is 96.6 Å². The zero-order valence-corrected chi connectivity index (χ0v) is 9.47. The van der Waals surface area contributed by atoms with Crippen LogP contribution in [-0.2, 0) is 9.53 Å². The fourth-order valence-electron chi connectivity index (χ4n) is 2.52. The first kappa shape index (κ1) is 11.3. The van der Waals surface area contributed by atoms with E-state index in [1.54, 1.807) is 0 Å². The molecule has 2 heteroatoms. The fraction of sp³-hybridized carbons (Fsp3) is 0.500. The molecule has 2 nitrogen and oxygen atoms in total. The van der Waals surface area contributed by atoms with Gasteiger partial charge in [0.05, 0.1) is 0 Å². The lowest BCUT2D eigenvalue weighted by Gasteiger charge is -2.29. The summed E-state index contributed by atoms with van der Waals surface area (Å²) in [6.07, 6.45) is 3.84. The maximum Gasteiger partial charge on any atom is 0.120 e. The molecule has 1 atom stereocenters. The molecule has 1 unspecified atom stereocenters. The Bertz CT molecular complexity index is 315. The molecule has 0 saturated carbocycles. The summed E-state index contributed by atoms with van der Waals surface area (Å²) in [5, 5.41) is 0. The largest absolute Gasteiger partial charge is 0.381 e. The van der Waals surface area contributed by atoms with Crippen LogP contribution in [0.2, 0.25) is 0 Å². The predicted molar refractivity (Wildman–Crippen MR) is 63.4 cm³/mol. The number of carbonyl (C=O) groups excluding carboxylic acids is 1. The molecule has 0 N–H and O–H groups in total. The lowest BCUT2D eigenvalue weighted by molar-refractivity contribution is -0.108. The van der Waals surface area contributed by atoms with Crippen LogP contribution in [0.3, 0.4) is 0 Å². The van der Waals surface area contributed by atoms with Crippen LogP contribution in [0.1, 0.15) is 30.7 Å². The van der Waals surface area contributed by atoms with E-state index >= 15 is 0 Å². The Morgan fingerprint density at radius 2 is 1.94 bits per heavy atom. The number of rotatable bonds is 4. The molecule has 1 saturated heterocycles. The van der Waals surface area contributed by atoms with Gasteiger partial charge in [-0.1, -0.05) is 30.3 Å². The quantitative estimate of drug-likeness (QED) is 0.726. The molecule has 0 bridgehead atoms. The summed E-state index contributed by atoms with van der Waals surface area (Å²) in [5.41, 5.74) is 1.29. The number of benzene rings is 1. The highest BCUT2D eigenvalue weighted by atomic mass is 16.5. The summed E-state index contributed by atoms with van der Waals surface area (Å²) in [7, 11) is 0. The standard InChI is InChI=1S/C14H18O2/c15-9-6-14(12-4-2-1-3-5-12)13-7-10-16-11-8-13/h1-5,9,13-14H,6-8,10-11H2. The molecule has 1 aliphatic rings. The second-order valence-corrected chi connectivity index (χ2v) is 4.37. The van der Waals surface area contributed by atoms with Gasteiger partial charge in [0.2, 0.25) is 0 Å². The van der Waals surface area contributed by atoms with Gasteiger partial charge in [0.1, 0.15) is 6.29 Å². The molecule has 1 aliphatic heterocycles. The molecule has 0 spiro atoms. The van der Waals surface area contributed by atoms with Gasteiger partial charge in [-0.25, -0.2) is 0 Å². The van der Waals surface area contributed by atoms with E-state index in [4.69, 9.17) is 4.74 Å². The van der Waals surface area contributed by atoms with E-state index in [-0.39, 0.29) is 0 Å². The second kappa shape index (κ2) is 5.80. The summed E-state index contributed by atoms with van der Waals surface area (Å²) in [6.45, 7) is 1.68. The summed E-state index contributed by atoms with van der Waals surface area (Å²) in [4.78, 5) is 10.8. The van der Waals surface area contributed by atoms with Crippen molar-refractivity contribution in [3.05, 3.63) is 35.9 Å². The maximum atomic E-state index is 10.8. The molecule has 0 radical (unpaired) electrons. The normalized spacial score (nSPS) is 19.2. The molecule has 1 aromatic rings. The zero-order valence-electron chi connectivity index (χ0n) is 9.47. The molecule has 0 amide bonds. The Morgan fingerprint density at radius 3 is 2.56 bits per heavy atom. The molecule has 2 rings (SSSR count). The summed E-state index contributed by atoms with van der Waals surface area (Å²) < 4.78 is 5.38. The summed E-state index contributed by atoms with van der Waals surface area (Å²) in [6, 6.07) is 10.4. The third-order valence-corrected chi connectivity index (χ3v) is 3.41. The smallest absolute Gasteiger partial charge is 0.120 e. The van der Waals surface area contributed by atoms with Crippen LogP contribution in [-0.4, -0.2) is 19.5 Å². The highest BCUT2D eigenvalue weighted by Crippen LogP contribution is 2.33. The Morgan fingerprint density at radius 1 is 1.25 bits per heavy atom. The minimum atomic E-state index is 0.377. The van der Waals surface area contributed by atoms with E-state index in [2.05, 4.69) is 12.1 Å². The van der Waals surface area contributed by atoms with Crippen molar-refractivity contribution in [2.45, 2.75) is 25.2 Å². The zero-order chi connectivity index (χ0) is 11.2. The average Bonchev–Trinajstić information content (AvgIpc) is 2.38. The third kappa shape index (κ3) is 2.70. The molecular formula is C14H18O2. The van der Waals surface area contributed by atoms with Crippen LogP contribution in [0.4, 0.5) is 0 Å². The van der Waals surface area contributed by atoms with Gasteiger partial charge >= 0.3 is 0 Å². The molecule has 1 aromatic carbocycles. The average molecular weight is 218 g/mol. The second-order valence-electron chi connectivity index (χ2n) is 4.37. The SMILES string of the molecule is O=CCC(c1ccccc1)C1CCOCC1. The van der Waals surface area contributed by atoms with Crippen LogP contribution >= 0.6 is 0 Å². The van der Waals surface area contributed by atoms with E-state index in [1.807, 2.05) is 18.2 Å². The van der Waals surface area contributed by atoms with Crippen molar-refractivity contribution < 1.29 is 9.53 Å². The van der Waals surface area contributed by atoms with E-state index in [1.165, 1.54) is 5.56 Å². The Balaban J connectivity index is 2.12. The lowest BCUT2D eigenvalue weighted by atomic mass is 9.80. The van der Waals surface area contributed by atoms with Gasteiger partial charge in [-0.15, -0.1) is 0 Å². The van der Waals surface area contributed by atoms with Crippen molar-refractivity contribution in [3.63, 3.8) is 0 Å². The summed E-state index contributed by atoms with van der Waals surface area (Å²) in [5.74, 6) is 0.976. The van der Waals surface area contributed by atoms with Gasteiger partial charge < -0.3 is 9.53 Å². The van der Waals surface area contributed by atoms with Crippen molar-refractivity contribution in [2.24, 2.45) is 5.92 Å². The van der Waals surface area contributed by atoms with Gasteiger partial charge in [-0.3, -0.25) is 0 Å². The number of carbonyl (C=O) groups is 1. The van der Waals surface area contributed by atoms with Crippen LogP contribution in [0.5, 0.6) is 0 Å². The van der Waals surface area contributed by atoms with E-state index in [0.29, 0.717) is 18.3 Å². The van der Waals surface area contributed by atoms with E-state index < -0.39 is 0 Å². The minimum absolute atomic E-state index is 0.377. The Kier molecular flexibility index (Phi) is 4.11. The molecule has 0 aliphatic carbocycles. The molecule has 86 valence electrons. The molecule has 0 aromatic heterocycles. The van der Waals surface area contributed by atoms with Gasteiger partial charge in [0, 0.05) is 19.6 Å². The monoisotopic (exact) mass is 218 g/mol. The van der Waals surface area contributed by atoms with Crippen molar-refractivity contribution in [2.75, 3.05) is 13.2 Å². The van der Waals surface area contributed by atoms with E-state index in [0.717, 1.165) is 32.3 Å². The number of hydrogen-bond donors (Lipinski definition) is 0. The van der Waals surface area contributed by atoms with Crippen LogP contribution < -0.4 is 0 Å². The molecule has 1 fully saturated rings. The van der Waals surface area contributed by atoms with Gasteiger partial charge in [-0.05, 0) is 30.2 Å². The van der Waals surface area contributed by atoms with Crippen LogP contribution in [0.25, 0.3) is 0 Å². The van der Waals surface area contributed by atoms with Gasteiger partial charge in [-0.2, -0.15) is 0 Å². The van der Waals surface area contributed by atoms with Crippen molar-refractivity contribution in [1.29, 1.82) is 0 Å². The maximum absolute atomic E-state index is 10.8. The Hall–Kier alpha value is -1.15. The van der Waals surface area contributed by atoms with Crippen molar-refractivity contribution >= 4 is 6.29 Å². The molecule has 16 heavy (non-hydrogen) atoms. The highest BCUT2D eigenvalue weighted by molar-refractivity contribution is 5.51. The van der Waals surface area contributed by atoms with Crippen LogP contribution in [0.15, 0.2) is 30.3 Å². The van der Waals surface area contributed by atoms with Gasteiger partial charge in [0.25, 0.3) is 0 Å². The first-order valence-electron chi connectivity index (χ1n) is 5.98. The number of aldehydes is 1. The van der Waals surface area contributed by atoms with Gasteiger partial charge in [0.15, 0.2) is 0 Å².